The van der Waals surface area contributed by atoms with Gasteiger partial charge in [-0.1, -0.05) is 13.8 Å². The van der Waals surface area contributed by atoms with Crippen molar-refractivity contribution in [2.75, 3.05) is 34.2 Å². The third-order valence-corrected chi connectivity index (χ3v) is 3.43. The molecule has 0 saturated heterocycles. The largest absolute Gasteiger partial charge is 0.468 e. The van der Waals surface area contributed by atoms with Gasteiger partial charge in [0.15, 0.2) is 5.96 Å². The summed E-state index contributed by atoms with van der Waals surface area (Å²) < 4.78 is 5.51. The molecule has 2 N–H and O–H groups in total. The molecule has 0 spiro atoms. The second kappa shape index (κ2) is 11.8. The van der Waals surface area contributed by atoms with Crippen molar-refractivity contribution in [1.29, 1.82) is 0 Å². The van der Waals surface area contributed by atoms with Crippen molar-refractivity contribution in [1.82, 2.24) is 15.5 Å². The van der Waals surface area contributed by atoms with E-state index in [2.05, 4.69) is 34.4 Å². The molecule has 0 aromatic carbocycles. The molecule has 1 rings (SSSR count). The van der Waals surface area contributed by atoms with E-state index in [0.717, 1.165) is 37.1 Å². The van der Waals surface area contributed by atoms with Gasteiger partial charge in [-0.05, 0) is 45.0 Å². The first-order valence-corrected chi connectivity index (χ1v) is 7.69. The molecule has 0 bridgehead atoms. The quantitative estimate of drug-likeness (QED) is 0.293. The Morgan fingerprint density at radius 3 is 2.55 bits per heavy atom. The second-order valence-electron chi connectivity index (χ2n) is 5.91. The fourth-order valence-corrected chi connectivity index (χ4v) is 2.15. The molecule has 0 radical (unpaired) electrons. The van der Waals surface area contributed by atoms with Crippen LogP contribution in [0.2, 0.25) is 0 Å². The molecule has 1 unspecified atom stereocenters. The van der Waals surface area contributed by atoms with Crippen LogP contribution in [0.15, 0.2) is 27.8 Å². The monoisotopic (exact) mass is 422 g/mol. The summed E-state index contributed by atoms with van der Waals surface area (Å²) in [5.41, 5.74) is 0. The third kappa shape index (κ3) is 8.03. The van der Waals surface area contributed by atoms with E-state index < -0.39 is 0 Å². The van der Waals surface area contributed by atoms with Crippen LogP contribution in [0, 0.1) is 5.92 Å². The first-order valence-electron chi connectivity index (χ1n) is 7.69. The molecule has 0 amide bonds. The minimum absolute atomic E-state index is 0. The number of hydrogen-bond acceptors (Lipinski definition) is 3. The average Bonchev–Trinajstić information content (AvgIpc) is 2.94. The molecule has 0 aliphatic heterocycles. The van der Waals surface area contributed by atoms with Gasteiger partial charge in [-0.15, -0.1) is 24.0 Å². The molecule has 0 saturated carbocycles. The molecule has 5 nitrogen and oxygen atoms in total. The van der Waals surface area contributed by atoms with Crippen LogP contribution in [0.25, 0.3) is 0 Å². The van der Waals surface area contributed by atoms with Crippen LogP contribution < -0.4 is 10.6 Å². The van der Waals surface area contributed by atoms with E-state index in [-0.39, 0.29) is 30.0 Å². The van der Waals surface area contributed by atoms with E-state index in [4.69, 9.17) is 4.42 Å². The summed E-state index contributed by atoms with van der Waals surface area (Å²) in [7, 11) is 5.90. The lowest BCUT2D eigenvalue weighted by atomic mass is 10.1. The predicted molar refractivity (Wildman–Crippen MR) is 104 cm³/mol. The highest BCUT2D eigenvalue weighted by Gasteiger charge is 2.17. The highest BCUT2D eigenvalue weighted by Crippen LogP contribution is 2.17. The minimum Gasteiger partial charge on any atom is -0.468 e. The standard InChI is InChI=1S/C16H30N4O.HI/c1-13(2)8-6-10-18-16(17-3)19-12-14(20(4)5)15-9-7-11-21-15;/h7,9,11,13-14H,6,8,10,12H2,1-5H3,(H2,17,18,19);1H. The number of furan rings is 1. The summed E-state index contributed by atoms with van der Waals surface area (Å²) in [6.07, 6.45) is 4.11. The Kier molecular flexibility index (Phi) is 11.4. The summed E-state index contributed by atoms with van der Waals surface area (Å²) in [6, 6.07) is 4.12. The molecular weight excluding hydrogens is 391 g/mol. The maximum Gasteiger partial charge on any atom is 0.191 e. The number of likely N-dealkylation sites (N-methyl/N-ethyl adjacent to an activating group) is 1. The van der Waals surface area contributed by atoms with Gasteiger partial charge in [-0.2, -0.15) is 0 Å². The van der Waals surface area contributed by atoms with Crippen LogP contribution in [-0.2, 0) is 0 Å². The molecule has 1 heterocycles. The fraction of sp³-hybridized carbons (Fsp3) is 0.688. The SMILES string of the molecule is CN=C(NCCCC(C)C)NCC(c1ccco1)N(C)C.I. The molecule has 6 heteroatoms. The van der Waals surface area contributed by atoms with Crippen molar-refractivity contribution < 1.29 is 4.42 Å². The molecule has 0 fully saturated rings. The lowest BCUT2D eigenvalue weighted by molar-refractivity contribution is 0.258. The van der Waals surface area contributed by atoms with E-state index in [1.165, 1.54) is 6.42 Å². The zero-order valence-corrected chi connectivity index (χ0v) is 16.8. The van der Waals surface area contributed by atoms with Gasteiger partial charge in [-0.3, -0.25) is 9.89 Å². The number of nitrogens with one attached hydrogen (secondary N) is 2. The minimum atomic E-state index is 0. The molecular formula is C16H31IN4O. The summed E-state index contributed by atoms with van der Waals surface area (Å²) in [6.45, 7) is 6.20. The molecule has 0 aliphatic rings. The van der Waals surface area contributed by atoms with Gasteiger partial charge < -0.3 is 15.1 Å². The normalized spacial score (nSPS) is 13.1. The van der Waals surface area contributed by atoms with Gasteiger partial charge in [-0.25, -0.2) is 0 Å². The zero-order valence-electron chi connectivity index (χ0n) is 14.4. The second-order valence-corrected chi connectivity index (χ2v) is 5.91. The summed E-state index contributed by atoms with van der Waals surface area (Å²) in [5, 5.41) is 6.72. The van der Waals surface area contributed by atoms with Gasteiger partial charge in [0.25, 0.3) is 0 Å². The van der Waals surface area contributed by atoms with E-state index in [0.29, 0.717) is 0 Å². The van der Waals surface area contributed by atoms with Crippen LogP contribution in [-0.4, -0.2) is 45.1 Å². The maximum absolute atomic E-state index is 5.51. The lowest BCUT2D eigenvalue weighted by Gasteiger charge is -2.23. The van der Waals surface area contributed by atoms with E-state index in [1.807, 2.05) is 26.2 Å². The Morgan fingerprint density at radius 1 is 1.32 bits per heavy atom. The first-order chi connectivity index (χ1) is 10.0. The summed E-state index contributed by atoms with van der Waals surface area (Å²) in [5.74, 6) is 2.55. The van der Waals surface area contributed by atoms with Gasteiger partial charge in [0.05, 0.1) is 12.3 Å². The van der Waals surface area contributed by atoms with E-state index >= 15 is 0 Å². The molecule has 22 heavy (non-hydrogen) atoms. The summed E-state index contributed by atoms with van der Waals surface area (Å²) >= 11 is 0. The lowest BCUT2D eigenvalue weighted by Crippen LogP contribution is -2.42. The smallest absolute Gasteiger partial charge is 0.191 e. The zero-order chi connectivity index (χ0) is 15.7. The van der Waals surface area contributed by atoms with Gasteiger partial charge in [0.1, 0.15) is 5.76 Å². The van der Waals surface area contributed by atoms with E-state index in [1.54, 1.807) is 13.3 Å². The van der Waals surface area contributed by atoms with Gasteiger partial charge in [0.2, 0.25) is 0 Å². The predicted octanol–water partition coefficient (Wildman–Crippen LogP) is 3.10. The summed E-state index contributed by atoms with van der Waals surface area (Å²) in [4.78, 5) is 6.40. The van der Waals surface area contributed by atoms with E-state index in [9.17, 15) is 0 Å². The van der Waals surface area contributed by atoms with Crippen molar-refractivity contribution in [3.8, 4) is 0 Å². The number of nitrogens with zero attached hydrogens (tertiary/aromatic N) is 2. The van der Waals surface area contributed by atoms with Crippen LogP contribution in [0.5, 0.6) is 0 Å². The first kappa shape index (κ1) is 21.2. The number of rotatable bonds is 8. The van der Waals surface area contributed by atoms with Gasteiger partial charge >= 0.3 is 0 Å². The van der Waals surface area contributed by atoms with Crippen molar-refractivity contribution in [3.05, 3.63) is 24.2 Å². The number of aliphatic imine (C=N–C) groups is 1. The highest BCUT2D eigenvalue weighted by atomic mass is 127. The Bertz CT molecular complexity index is 404. The fourth-order valence-electron chi connectivity index (χ4n) is 2.15. The van der Waals surface area contributed by atoms with Crippen LogP contribution in [0.1, 0.15) is 38.5 Å². The average molecular weight is 422 g/mol. The Balaban J connectivity index is 0.00000441. The van der Waals surface area contributed by atoms with Crippen LogP contribution in [0.4, 0.5) is 0 Å². The van der Waals surface area contributed by atoms with Crippen molar-refractivity contribution in [2.24, 2.45) is 10.9 Å². The molecule has 1 atom stereocenters. The Hall–Kier alpha value is -0.760. The Labute approximate surface area is 152 Å². The van der Waals surface area contributed by atoms with Gasteiger partial charge in [0, 0.05) is 20.1 Å². The van der Waals surface area contributed by atoms with Crippen LogP contribution in [0.3, 0.4) is 0 Å². The van der Waals surface area contributed by atoms with Crippen LogP contribution >= 0.6 is 24.0 Å². The molecule has 0 aliphatic carbocycles. The molecule has 1 aromatic heterocycles. The Morgan fingerprint density at radius 2 is 2.05 bits per heavy atom. The highest BCUT2D eigenvalue weighted by molar-refractivity contribution is 14.0. The van der Waals surface area contributed by atoms with Crippen molar-refractivity contribution in [2.45, 2.75) is 32.7 Å². The number of guanidine groups is 1. The van der Waals surface area contributed by atoms with Crippen molar-refractivity contribution >= 4 is 29.9 Å². The van der Waals surface area contributed by atoms with Crippen molar-refractivity contribution in [3.63, 3.8) is 0 Å². The number of halogens is 1. The molecule has 128 valence electrons. The number of hydrogen-bond donors (Lipinski definition) is 2. The maximum atomic E-state index is 5.51. The topological polar surface area (TPSA) is 52.8 Å². The third-order valence-electron chi connectivity index (χ3n) is 3.43. The molecule has 1 aromatic rings.